The van der Waals surface area contributed by atoms with Gasteiger partial charge in [0.25, 0.3) is 0 Å². The van der Waals surface area contributed by atoms with Gasteiger partial charge in [-0.2, -0.15) is 8.78 Å². The van der Waals surface area contributed by atoms with Gasteiger partial charge in [0.1, 0.15) is 5.75 Å². The number of ether oxygens (including phenoxy) is 1. The number of carbonyl (C=O) groups is 1. The molecule has 0 aliphatic heterocycles. The van der Waals surface area contributed by atoms with Gasteiger partial charge in [0.2, 0.25) is 5.91 Å². The minimum Gasteiger partial charge on any atom is -0.441 e. The van der Waals surface area contributed by atoms with Gasteiger partial charge in [0.15, 0.2) is 11.7 Å². The fourth-order valence-corrected chi connectivity index (χ4v) is 3.60. The maximum absolute atomic E-state index is 12.8. The van der Waals surface area contributed by atoms with Crippen molar-refractivity contribution < 1.29 is 22.7 Å². The fourth-order valence-electron chi connectivity index (χ4n) is 3.47. The summed E-state index contributed by atoms with van der Waals surface area (Å²) in [5.74, 6) is 0.899. The Labute approximate surface area is 200 Å². The van der Waals surface area contributed by atoms with Gasteiger partial charge in [-0.25, -0.2) is 4.98 Å². The standard InChI is InChI=1S/C26H21ClF2N2O3/c27-20-10-6-17(7-11-20)22-16-30-24(34-22)15-14-23(32)31-25(18-4-2-1-3-5-18)19-8-12-21(13-9-19)33-26(28)29/h1-13,16,25-26H,14-15H2,(H,31,32). The van der Waals surface area contributed by atoms with Crippen molar-refractivity contribution in [1.82, 2.24) is 10.3 Å². The van der Waals surface area contributed by atoms with E-state index in [-0.39, 0.29) is 18.1 Å². The van der Waals surface area contributed by atoms with Crippen LogP contribution >= 0.6 is 11.6 Å². The molecule has 8 heteroatoms. The van der Waals surface area contributed by atoms with Gasteiger partial charge in [0.05, 0.1) is 12.2 Å². The van der Waals surface area contributed by atoms with Crippen LogP contribution in [0.25, 0.3) is 11.3 Å². The highest BCUT2D eigenvalue weighted by molar-refractivity contribution is 6.30. The summed E-state index contributed by atoms with van der Waals surface area (Å²) in [7, 11) is 0. The zero-order valence-electron chi connectivity index (χ0n) is 18.0. The Morgan fingerprint density at radius 2 is 1.65 bits per heavy atom. The third-order valence-electron chi connectivity index (χ3n) is 5.13. The molecule has 0 radical (unpaired) electrons. The summed E-state index contributed by atoms with van der Waals surface area (Å²) in [6.45, 7) is -2.90. The predicted molar refractivity (Wildman–Crippen MR) is 125 cm³/mol. The summed E-state index contributed by atoms with van der Waals surface area (Å²) in [4.78, 5) is 17.0. The average Bonchev–Trinajstić information content (AvgIpc) is 3.32. The minimum absolute atomic E-state index is 0.0530. The number of hydrogen-bond acceptors (Lipinski definition) is 4. The largest absolute Gasteiger partial charge is 0.441 e. The highest BCUT2D eigenvalue weighted by Gasteiger charge is 2.18. The molecule has 0 aliphatic rings. The number of hydrogen-bond donors (Lipinski definition) is 1. The molecule has 5 nitrogen and oxygen atoms in total. The highest BCUT2D eigenvalue weighted by atomic mass is 35.5. The zero-order valence-corrected chi connectivity index (χ0v) is 18.7. The molecule has 0 saturated heterocycles. The molecule has 4 aromatic rings. The van der Waals surface area contributed by atoms with Crippen molar-refractivity contribution in [3.05, 3.63) is 107 Å². The first-order valence-corrected chi connectivity index (χ1v) is 11.0. The first-order chi connectivity index (χ1) is 16.5. The molecule has 1 N–H and O–H groups in total. The van der Waals surface area contributed by atoms with Gasteiger partial charge in [0, 0.05) is 23.4 Å². The van der Waals surface area contributed by atoms with Crippen molar-refractivity contribution in [3.8, 4) is 17.1 Å². The number of benzene rings is 3. The molecular weight excluding hydrogens is 462 g/mol. The summed E-state index contributed by atoms with van der Waals surface area (Å²) in [6, 6.07) is 22.4. The van der Waals surface area contributed by atoms with Crippen LogP contribution in [-0.2, 0) is 11.2 Å². The molecule has 0 aliphatic carbocycles. The summed E-state index contributed by atoms with van der Waals surface area (Å²) < 4.78 is 35.1. The van der Waals surface area contributed by atoms with Crippen molar-refractivity contribution in [3.63, 3.8) is 0 Å². The second-order valence-corrected chi connectivity index (χ2v) is 7.92. The normalized spacial score (nSPS) is 11.9. The lowest BCUT2D eigenvalue weighted by molar-refractivity contribution is -0.121. The number of rotatable bonds is 9. The van der Waals surface area contributed by atoms with Crippen LogP contribution in [0.4, 0.5) is 8.78 Å². The summed E-state index contributed by atoms with van der Waals surface area (Å²) in [5.41, 5.74) is 2.44. The van der Waals surface area contributed by atoms with E-state index in [2.05, 4.69) is 15.0 Å². The van der Waals surface area contributed by atoms with Crippen LogP contribution in [0.2, 0.25) is 5.02 Å². The zero-order chi connectivity index (χ0) is 23.9. The Hall–Kier alpha value is -3.71. The average molecular weight is 483 g/mol. The van der Waals surface area contributed by atoms with Crippen LogP contribution in [0.15, 0.2) is 89.5 Å². The van der Waals surface area contributed by atoms with E-state index in [1.165, 1.54) is 12.1 Å². The monoisotopic (exact) mass is 482 g/mol. The van der Waals surface area contributed by atoms with E-state index in [4.69, 9.17) is 16.0 Å². The smallest absolute Gasteiger partial charge is 0.387 e. The lowest BCUT2D eigenvalue weighted by Gasteiger charge is -2.20. The van der Waals surface area contributed by atoms with Crippen LogP contribution in [0, 0.1) is 0 Å². The molecule has 4 rings (SSSR count). The molecule has 1 atom stereocenters. The van der Waals surface area contributed by atoms with Crippen molar-refractivity contribution in [2.24, 2.45) is 0 Å². The number of amides is 1. The first-order valence-electron chi connectivity index (χ1n) is 10.6. The van der Waals surface area contributed by atoms with Gasteiger partial charge in [-0.1, -0.05) is 54.1 Å². The van der Waals surface area contributed by atoms with E-state index in [0.29, 0.717) is 23.1 Å². The lowest BCUT2D eigenvalue weighted by atomic mass is 9.98. The third kappa shape index (κ3) is 6.20. The van der Waals surface area contributed by atoms with Crippen LogP contribution < -0.4 is 10.1 Å². The molecule has 1 heterocycles. The highest BCUT2D eigenvalue weighted by Crippen LogP contribution is 2.26. The summed E-state index contributed by atoms with van der Waals surface area (Å²) >= 11 is 5.92. The number of aryl methyl sites for hydroxylation is 1. The predicted octanol–water partition coefficient (Wildman–Crippen LogP) is 6.43. The van der Waals surface area contributed by atoms with Crippen molar-refractivity contribution in [2.45, 2.75) is 25.5 Å². The van der Waals surface area contributed by atoms with E-state index in [9.17, 15) is 13.6 Å². The Morgan fingerprint density at radius 1 is 0.971 bits per heavy atom. The van der Waals surface area contributed by atoms with Crippen molar-refractivity contribution >= 4 is 17.5 Å². The van der Waals surface area contributed by atoms with Gasteiger partial charge in [-0.05, 0) is 47.5 Å². The molecule has 0 spiro atoms. The lowest BCUT2D eigenvalue weighted by Crippen LogP contribution is -2.29. The molecule has 34 heavy (non-hydrogen) atoms. The van der Waals surface area contributed by atoms with Crippen LogP contribution in [0.5, 0.6) is 5.75 Å². The number of aromatic nitrogens is 1. The van der Waals surface area contributed by atoms with E-state index < -0.39 is 12.7 Å². The number of halogens is 3. The third-order valence-corrected chi connectivity index (χ3v) is 5.38. The second-order valence-electron chi connectivity index (χ2n) is 7.48. The van der Waals surface area contributed by atoms with Crippen LogP contribution in [0.3, 0.4) is 0 Å². The van der Waals surface area contributed by atoms with E-state index in [0.717, 1.165) is 16.7 Å². The molecule has 1 aromatic heterocycles. The summed E-state index contributed by atoms with van der Waals surface area (Å²) in [5, 5.41) is 3.64. The fraction of sp³-hybridized carbons (Fsp3) is 0.154. The molecule has 0 saturated carbocycles. The quantitative estimate of drug-likeness (QED) is 0.298. The SMILES string of the molecule is O=C(CCc1ncc(-c2ccc(Cl)cc2)o1)NC(c1ccccc1)c1ccc(OC(F)F)cc1. The maximum atomic E-state index is 12.8. The van der Waals surface area contributed by atoms with Crippen LogP contribution in [-0.4, -0.2) is 17.5 Å². The maximum Gasteiger partial charge on any atom is 0.387 e. The molecular formula is C26H21ClF2N2O3. The minimum atomic E-state index is -2.90. The number of nitrogens with zero attached hydrogens (tertiary/aromatic N) is 1. The van der Waals surface area contributed by atoms with E-state index in [1.807, 2.05) is 42.5 Å². The van der Waals surface area contributed by atoms with Crippen molar-refractivity contribution in [1.29, 1.82) is 0 Å². The number of oxazole rings is 1. The molecule has 0 fully saturated rings. The van der Waals surface area contributed by atoms with Gasteiger partial charge in [-0.15, -0.1) is 0 Å². The number of nitrogens with one attached hydrogen (secondary N) is 1. The van der Waals surface area contributed by atoms with Gasteiger partial charge >= 0.3 is 6.61 Å². The Kier molecular flexibility index (Phi) is 7.54. The van der Waals surface area contributed by atoms with Gasteiger partial charge < -0.3 is 14.5 Å². The molecule has 0 bridgehead atoms. The number of alkyl halides is 2. The van der Waals surface area contributed by atoms with Crippen molar-refractivity contribution in [2.75, 3.05) is 0 Å². The summed E-state index contributed by atoms with van der Waals surface area (Å²) in [6.07, 6.45) is 2.10. The molecule has 174 valence electrons. The molecule has 3 aromatic carbocycles. The van der Waals surface area contributed by atoms with Gasteiger partial charge in [-0.3, -0.25) is 4.79 Å². The van der Waals surface area contributed by atoms with E-state index >= 15 is 0 Å². The molecule has 1 unspecified atom stereocenters. The molecule has 1 amide bonds. The number of carbonyl (C=O) groups excluding carboxylic acids is 1. The Bertz CT molecular complexity index is 1210. The topological polar surface area (TPSA) is 64.4 Å². The Balaban J connectivity index is 1.42. The second kappa shape index (κ2) is 10.9. The van der Waals surface area contributed by atoms with E-state index in [1.54, 1.807) is 30.5 Å². The first kappa shape index (κ1) is 23.4. The van der Waals surface area contributed by atoms with Crippen LogP contribution in [0.1, 0.15) is 29.5 Å². The Morgan fingerprint density at radius 3 is 2.32 bits per heavy atom.